The number of aromatic nitrogens is 3. The first-order valence-electron chi connectivity index (χ1n) is 4.20. The Morgan fingerprint density at radius 3 is 2.57 bits per heavy atom. The number of halogens is 1. The first kappa shape index (κ1) is 8.87. The third-order valence-corrected chi connectivity index (χ3v) is 1.84. The number of nitrogens with zero attached hydrogens (tertiary/aromatic N) is 3. The van der Waals surface area contributed by atoms with Gasteiger partial charge in [-0.25, -0.2) is 9.07 Å². The standard InChI is InChI=1S/C10H9FN3/c1-8-6-14(13-12-8)7-9-2-4-10(11)5-3-9/h2-6H,1,7H2. The van der Waals surface area contributed by atoms with E-state index in [4.69, 9.17) is 0 Å². The van der Waals surface area contributed by atoms with Crippen LogP contribution in [0, 0.1) is 12.7 Å². The molecule has 0 aliphatic carbocycles. The molecule has 0 saturated heterocycles. The highest BCUT2D eigenvalue weighted by molar-refractivity contribution is 5.16. The summed E-state index contributed by atoms with van der Waals surface area (Å²) in [7, 11) is 0. The van der Waals surface area contributed by atoms with Crippen LogP contribution in [0.2, 0.25) is 0 Å². The van der Waals surface area contributed by atoms with Crippen LogP contribution in [0.3, 0.4) is 0 Å². The van der Waals surface area contributed by atoms with Gasteiger partial charge in [0.2, 0.25) is 0 Å². The lowest BCUT2D eigenvalue weighted by atomic mass is 10.2. The third-order valence-electron chi connectivity index (χ3n) is 1.84. The first-order valence-corrected chi connectivity index (χ1v) is 4.20. The van der Waals surface area contributed by atoms with Crippen molar-refractivity contribution < 1.29 is 4.39 Å². The van der Waals surface area contributed by atoms with Crippen LogP contribution in [-0.2, 0) is 6.54 Å². The predicted octanol–water partition coefficient (Wildman–Crippen LogP) is 1.65. The molecular weight excluding hydrogens is 181 g/mol. The van der Waals surface area contributed by atoms with E-state index in [0.29, 0.717) is 12.2 Å². The van der Waals surface area contributed by atoms with Gasteiger partial charge in [-0.05, 0) is 24.6 Å². The summed E-state index contributed by atoms with van der Waals surface area (Å²) in [5, 5.41) is 7.60. The zero-order valence-corrected chi connectivity index (χ0v) is 7.52. The number of rotatable bonds is 2. The van der Waals surface area contributed by atoms with Gasteiger partial charge in [0.1, 0.15) is 5.82 Å². The van der Waals surface area contributed by atoms with Crippen molar-refractivity contribution in [3.63, 3.8) is 0 Å². The Labute approximate surface area is 81.2 Å². The normalized spacial score (nSPS) is 10.4. The molecule has 0 aliphatic heterocycles. The molecule has 0 amide bonds. The Bertz CT molecular complexity index is 419. The molecule has 71 valence electrons. The van der Waals surface area contributed by atoms with Crippen molar-refractivity contribution in [2.75, 3.05) is 0 Å². The molecule has 0 aliphatic rings. The quantitative estimate of drug-likeness (QED) is 0.720. The molecule has 1 radical (unpaired) electrons. The third kappa shape index (κ3) is 1.96. The van der Waals surface area contributed by atoms with Crippen LogP contribution in [-0.4, -0.2) is 15.0 Å². The second kappa shape index (κ2) is 3.57. The average molecular weight is 190 g/mol. The molecule has 2 rings (SSSR count). The van der Waals surface area contributed by atoms with Crippen molar-refractivity contribution in [3.8, 4) is 0 Å². The van der Waals surface area contributed by atoms with E-state index in [1.807, 2.05) is 0 Å². The van der Waals surface area contributed by atoms with Crippen LogP contribution in [0.25, 0.3) is 0 Å². The monoisotopic (exact) mass is 190 g/mol. The highest BCUT2D eigenvalue weighted by atomic mass is 19.1. The maximum atomic E-state index is 12.6. The molecular formula is C10H9FN3. The summed E-state index contributed by atoms with van der Waals surface area (Å²) in [6, 6.07) is 6.30. The van der Waals surface area contributed by atoms with Crippen LogP contribution < -0.4 is 0 Å². The molecule has 0 unspecified atom stereocenters. The maximum absolute atomic E-state index is 12.6. The highest BCUT2D eigenvalue weighted by Gasteiger charge is 1.97. The molecule has 0 saturated carbocycles. The smallest absolute Gasteiger partial charge is 0.123 e. The summed E-state index contributed by atoms with van der Waals surface area (Å²) >= 11 is 0. The van der Waals surface area contributed by atoms with Gasteiger partial charge in [-0.15, -0.1) is 5.10 Å². The summed E-state index contributed by atoms with van der Waals surface area (Å²) < 4.78 is 14.2. The predicted molar refractivity (Wildman–Crippen MR) is 50.0 cm³/mol. The highest BCUT2D eigenvalue weighted by Crippen LogP contribution is 2.04. The first-order chi connectivity index (χ1) is 6.74. The van der Waals surface area contributed by atoms with E-state index in [1.54, 1.807) is 23.0 Å². The van der Waals surface area contributed by atoms with E-state index in [9.17, 15) is 4.39 Å². The minimum absolute atomic E-state index is 0.231. The van der Waals surface area contributed by atoms with Crippen LogP contribution >= 0.6 is 0 Å². The maximum Gasteiger partial charge on any atom is 0.123 e. The summed E-state index contributed by atoms with van der Waals surface area (Å²) in [6.07, 6.45) is 1.74. The Kier molecular flexibility index (Phi) is 2.26. The van der Waals surface area contributed by atoms with Crippen molar-refractivity contribution >= 4 is 0 Å². The average Bonchev–Trinajstić information content (AvgIpc) is 2.56. The molecule has 0 atom stereocenters. The van der Waals surface area contributed by atoms with Gasteiger partial charge in [-0.3, -0.25) is 0 Å². The Balaban J connectivity index is 2.15. The Morgan fingerprint density at radius 2 is 2.00 bits per heavy atom. The molecule has 0 spiro atoms. The van der Waals surface area contributed by atoms with Gasteiger partial charge in [0, 0.05) is 6.20 Å². The van der Waals surface area contributed by atoms with Gasteiger partial charge < -0.3 is 0 Å². The lowest BCUT2D eigenvalue weighted by Gasteiger charge is -1.99. The summed E-state index contributed by atoms with van der Waals surface area (Å²) in [5.74, 6) is -0.231. The molecule has 2 aromatic rings. The van der Waals surface area contributed by atoms with Crippen LogP contribution in [0.1, 0.15) is 11.3 Å². The van der Waals surface area contributed by atoms with Gasteiger partial charge >= 0.3 is 0 Å². The molecule has 3 nitrogen and oxygen atoms in total. The van der Waals surface area contributed by atoms with E-state index < -0.39 is 0 Å². The molecule has 1 heterocycles. The van der Waals surface area contributed by atoms with Gasteiger partial charge in [-0.2, -0.15) is 0 Å². The second-order valence-electron chi connectivity index (χ2n) is 3.03. The molecule has 14 heavy (non-hydrogen) atoms. The number of benzene rings is 1. The fourth-order valence-corrected chi connectivity index (χ4v) is 1.19. The van der Waals surface area contributed by atoms with E-state index in [0.717, 1.165) is 5.56 Å². The van der Waals surface area contributed by atoms with E-state index in [2.05, 4.69) is 17.2 Å². The zero-order valence-electron chi connectivity index (χ0n) is 7.52. The lowest BCUT2D eigenvalue weighted by molar-refractivity contribution is 0.621. The van der Waals surface area contributed by atoms with Gasteiger partial charge in [-0.1, -0.05) is 17.3 Å². The van der Waals surface area contributed by atoms with E-state index in [-0.39, 0.29) is 5.82 Å². The van der Waals surface area contributed by atoms with Crippen LogP contribution in [0.4, 0.5) is 4.39 Å². The minimum Gasteiger partial charge on any atom is -0.248 e. The topological polar surface area (TPSA) is 30.7 Å². The second-order valence-corrected chi connectivity index (χ2v) is 3.03. The van der Waals surface area contributed by atoms with Crippen LogP contribution in [0.5, 0.6) is 0 Å². The molecule has 4 heteroatoms. The van der Waals surface area contributed by atoms with Gasteiger partial charge in [0.05, 0.1) is 12.2 Å². The van der Waals surface area contributed by atoms with E-state index >= 15 is 0 Å². The Hall–Kier alpha value is -1.71. The summed E-state index contributed by atoms with van der Waals surface area (Å²) in [4.78, 5) is 0. The fraction of sp³-hybridized carbons (Fsp3) is 0.100. The van der Waals surface area contributed by atoms with Gasteiger partial charge in [0.15, 0.2) is 0 Å². The van der Waals surface area contributed by atoms with Gasteiger partial charge in [0.25, 0.3) is 0 Å². The fourth-order valence-electron chi connectivity index (χ4n) is 1.19. The summed E-state index contributed by atoms with van der Waals surface area (Å²) in [6.45, 7) is 4.23. The van der Waals surface area contributed by atoms with E-state index in [1.165, 1.54) is 12.1 Å². The number of hydrogen-bond acceptors (Lipinski definition) is 2. The molecule has 0 N–H and O–H groups in total. The zero-order chi connectivity index (χ0) is 9.97. The molecule has 1 aromatic heterocycles. The van der Waals surface area contributed by atoms with Crippen molar-refractivity contribution in [3.05, 3.63) is 54.5 Å². The lowest BCUT2D eigenvalue weighted by Crippen LogP contribution is -2.00. The van der Waals surface area contributed by atoms with Crippen LogP contribution in [0.15, 0.2) is 30.5 Å². The molecule has 1 aromatic carbocycles. The Morgan fingerprint density at radius 1 is 1.29 bits per heavy atom. The SMILES string of the molecule is [CH2]c1cn(Cc2ccc(F)cc2)nn1. The van der Waals surface area contributed by atoms with Crippen molar-refractivity contribution in [1.29, 1.82) is 0 Å². The number of hydrogen-bond donors (Lipinski definition) is 0. The van der Waals surface area contributed by atoms with Crippen molar-refractivity contribution in [2.45, 2.75) is 6.54 Å². The molecule has 0 bridgehead atoms. The largest absolute Gasteiger partial charge is 0.248 e. The van der Waals surface area contributed by atoms with Crippen molar-refractivity contribution in [2.24, 2.45) is 0 Å². The molecule has 0 fully saturated rings. The van der Waals surface area contributed by atoms with Crippen molar-refractivity contribution in [1.82, 2.24) is 15.0 Å². The minimum atomic E-state index is -0.231. The summed E-state index contributed by atoms with van der Waals surface area (Å²) in [5.41, 5.74) is 1.61.